The molecule has 1 saturated heterocycles. The number of hydrogen-bond acceptors (Lipinski definition) is 5. The van der Waals surface area contributed by atoms with Gasteiger partial charge in [0.15, 0.2) is 0 Å². The van der Waals surface area contributed by atoms with E-state index < -0.39 is 17.5 Å². The SMILES string of the molecule is O=C(CN1CCCN(c2ccc(C(F)(F)F)cn2)CC1)Nc1ccccc1SC(F)F. The van der Waals surface area contributed by atoms with Crippen molar-refractivity contribution < 1.29 is 26.7 Å². The van der Waals surface area contributed by atoms with Gasteiger partial charge in [-0.2, -0.15) is 22.0 Å². The van der Waals surface area contributed by atoms with E-state index in [1.165, 1.54) is 12.1 Å². The summed E-state index contributed by atoms with van der Waals surface area (Å²) in [7, 11) is 0. The number of carbonyl (C=O) groups is 1. The van der Waals surface area contributed by atoms with Crippen LogP contribution in [-0.2, 0) is 11.0 Å². The molecule has 1 fully saturated rings. The molecule has 2 heterocycles. The van der Waals surface area contributed by atoms with Crippen LogP contribution in [0.1, 0.15) is 12.0 Å². The standard InChI is InChI=1S/C20H21F5N4OS/c21-19(22)31-16-5-2-1-4-15(16)27-18(30)13-28-8-3-9-29(11-10-28)17-7-6-14(12-26-17)20(23,24)25/h1-2,4-7,12,19H,3,8-11,13H2,(H,27,30). The highest BCUT2D eigenvalue weighted by atomic mass is 32.2. The molecule has 31 heavy (non-hydrogen) atoms. The number of nitrogens with one attached hydrogen (secondary N) is 1. The van der Waals surface area contributed by atoms with Gasteiger partial charge < -0.3 is 10.2 Å². The number of thioether (sulfide) groups is 1. The summed E-state index contributed by atoms with van der Waals surface area (Å²) >= 11 is 0.371. The number of anilines is 2. The Balaban J connectivity index is 1.55. The van der Waals surface area contributed by atoms with Crippen LogP contribution >= 0.6 is 11.8 Å². The minimum Gasteiger partial charge on any atom is -0.355 e. The van der Waals surface area contributed by atoms with Crippen molar-refractivity contribution in [1.29, 1.82) is 0 Å². The van der Waals surface area contributed by atoms with E-state index in [0.717, 1.165) is 12.3 Å². The Morgan fingerprint density at radius 2 is 1.87 bits per heavy atom. The molecule has 0 atom stereocenters. The molecular formula is C20H21F5N4OS. The molecule has 2 aromatic rings. The van der Waals surface area contributed by atoms with Crippen LogP contribution in [-0.4, -0.2) is 54.3 Å². The monoisotopic (exact) mass is 460 g/mol. The van der Waals surface area contributed by atoms with Crippen LogP contribution in [0.4, 0.5) is 33.5 Å². The van der Waals surface area contributed by atoms with Crippen LogP contribution in [0.5, 0.6) is 0 Å². The summed E-state index contributed by atoms with van der Waals surface area (Å²) in [5, 5.41) is 2.68. The van der Waals surface area contributed by atoms with Gasteiger partial charge in [0.25, 0.3) is 5.76 Å². The number of carbonyl (C=O) groups excluding carboxylic acids is 1. The summed E-state index contributed by atoms with van der Waals surface area (Å²) in [4.78, 5) is 20.5. The first-order valence-corrected chi connectivity index (χ1v) is 10.4. The summed E-state index contributed by atoms with van der Waals surface area (Å²) < 4.78 is 63.5. The van der Waals surface area contributed by atoms with E-state index in [9.17, 15) is 26.7 Å². The average Bonchev–Trinajstić information content (AvgIpc) is 2.94. The number of rotatable bonds is 6. The number of alkyl halides is 5. The third kappa shape index (κ3) is 6.79. The molecule has 11 heteroatoms. The zero-order valence-electron chi connectivity index (χ0n) is 16.4. The highest BCUT2D eigenvalue weighted by Gasteiger charge is 2.31. The molecule has 0 spiro atoms. The first kappa shape index (κ1) is 23.3. The number of nitrogens with zero attached hydrogens (tertiary/aromatic N) is 3. The van der Waals surface area contributed by atoms with Gasteiger partial charge in [-0.3, -0.25) is 9.69 Å². The van der Waals surface area contributed by atoms with Crippen molar-refractivity contribution >= 4 is 29.2 Å². The van der Waals surface area contributed by atoms with Crippen molar-refractivity contribution in [3.8, 4) is 0 Å². The van der Waals surface area contributed by atoms with Gasteiger partial charge in [0, 0.05) is 37.3 Å². The lowest BCUT2D eigenvalue weighted by Crippen LogP contribution is -2.36. The molecule has 1 amide bonds. The topological polar surface area (TPSA) is 48.5 Å². The number of hydrogen-bond donors (Lipinski definition) is 1. The minimum atomic E-state index is -4.43. The van der Waals surface area contributed by atoms with Crippen LogP contribution in [0.25, 0.3) is 0 Å². The zero-order valence-corrected chi connectivity index (χ0v) is 17.2. The fourth-order valence-corrected chi connectivity index (χ4v) is 3.86. The van der Waals surface area contributed by atoms with Crippen LogP contribution < -0.4 is 10.2 Å². The Hall–Kier alpha value is -2.40. The lowest BCUT2D eigenvalue weighted by atomic mass is 10.2. The second-order valence-electron chi connectivity index (χ2n) is 6.94. The number of para-hydroxylation sites is 1. The van der Waals surface area contributed by atoms with E-state index >= 15 is 0 Å². The number of halogens is 5. The molecule has 5 nitrogen and oxygen atoms in total. The maximum atomic E-state index is 12.7. The van der Waals surface area contributed by atoms with E-state index in [1.807, 2.05) is 9.80 Å². The smallest absolute Gasteiger partial charge is 0.355 e. The Morgan fingerprint density at radius 1 is 1.10 bits per heavy atom. The predicted molar refractivity (Wildman–Crippen MR) is 109 cm³/mol. The molecule has 0 aliphatic carbocycles. The first-order chi connectivity index (χ1) is 14.7. The fraction of sp³-hybridized carbons (Fsp3) is 0.400. The molecule has 168 valence electrons. The zero-order chi connectivity index (χ0) is 22.4. The summed E-state index contributed by atoms with van der Waals surface area (Å²) in [6.45, 7) is 2.33. The quantitative estimate of drug-likeness (QED) is 0.506. The van der Waals surface area contributed by atoms with E-state index in [-0.39, 0.29) is 12.5 Å². The Labute approximate surface area is 180 Å². The van der Waals surface area contributed by atoms with E-state index in [2.05, 4.69) is 10.3 Å². The fourth-order valence-electron chi connectivity index (χ4n) is 3.26. The van der Waals surface area contributed by atoms with E-state index in [0.29, 0.717) is 60.8 Å². The van der Waals surface area contributed by atoms with Crippen molar-refractivity contribution in [2.75, 3.05) is 42.9 Å². The Bertz CT molecular complexity index is 879. The van der Waals surface area contributed by atoms with E-state index in [1.54, 1.807) is 18.2 Å². The van der Waals surface area contributed by atoms with Crippen molar-refractivity contribution in [1.82, 2.24) is 9.88 Å². The Kier molecular flexibility index (Phi) is 7.71. The van der Waals surface area contributed by atoms with Crippen molar-refractivity contribution in [2.45, 2.75) is 23.3 Å². The molecule has 1 aliphatic heterocycles. The second-order valence-corrected chi connectivity index (χ2v) is 7.97. The highest BCUT2D eigenvalue weighted by Crippen LogP contribution is 2.32. The van der Waals surface area contributed by atoms with Gasteiger partial charge in [-0.25, -0.2) is 4.98 Å². The number of amides is 1. The number of aromatic nitrogens is 1. The van der Waals surface area contributed by atoms with Crippen LogP contribution in [0.2, 0.25) is 0 Å². The van der Waals surface area contributed by atoms with Crippen molar-refractivity contribution in [3.63, 3.8) is 0 Å². The molecular weight excluding hydrogens is 439 g/mol. The molecule has 1 aromatic heterocycles. The summed E-state index contributed by atoms with van der Waals surface area (Å²) in [6, 6.07) is 8.73. The van der Waals surface area contributed by atoms with Gasteiger partial charge in [-0.05, 0) is 30.7 Å². The van der Waals surface area contributed by atoms with Gasteiger partial charge in [-0.1, -0.05) is 23.9 Å². The summed E-state index contributed by atoms with van der Waals surface area (Å²) in [5.41, 5.74) is -0.460. The predicted octanol–water partition coefficient (Wildman–Crippen LogP) is 4.57. The molecule has 0 unspecified atom stereocenters. The van der Waals surface area contributed by atoms with Gasteiger partial charge >= 0.3 is 6.18 Å². The van der Waals surface area contributed by atoms with Gasteiger partial charge in [0.2, 0.25) is 5.91 Å². The molecule has 0 radical (unpaired) electrons. The van der Waals surface area contributed by atoms with E-state index in [4.69, 9.17) is 0 Å². The third-order valence-corrected chi connectivity index (χ3v) is 5.52. The molecule has 0 saturated carbocycles. The van der Waals surface area contributed by atoms with Crippen LogP contribution in [0, 0.1) is 0 Å². The molecule has 1 aromatic carbocycles. The van der Waals surface area contributed by atoms with Gasteiger partial charge in [0.1, 0.15) is 5.82 Å². The van der Waals surface area contributed by atoms with Crippen molar-refractivity contribution in [2.24, 2.45) is 0 Å². The maximum Gasteiger partial charge on any atom is 0.417 e. The normalized spacial score (nSPS) is 15.7. The molecule has 1 N–H and O–H groups in total. The largest absolute Gasteiger partial charge is 0.417 e. The molecule has 3 rings (SSSR count). The van der Waals surface area contributed by atoms with Gasteiger partial charge in [0.05, 0.1) is 17.8 Å². The first-order valence-electron chi connectivity index (χ1n) is 9.56. The second kappa shape index (κ2) is 10.3. The number of pyridine rings is 1. The average molecular weight is 460 g/mol. The highest BCUT2D eigenvalue weighted by molar-refractivity contribution is 7.99. The summed E-state index contributed by atoms with van der Waals surface area (Å²) in [5.74, 6) is -2.45. The van der Waals surface area contributed by atoms with Gasteiger partial charge in [-0.15, -0.1) is 0 Å². The maximum absolute atomic E-state index is 12.7. The lowest BCUT2D eigenvalue weighted by molar-refractivity contribution is -0.137. The molecule has 1 aliphatic rings. The minimum absolute atomic E-state index is 0.0853. The van der Waals surface area contributed by atoms with Crippen molar-refractivity contribution in [3.05, 3.63) is 48.2 Å². The summed E-state index contributed by atoms with van der Waals surface area (Å²) in [6.07, 6.45) is -2.91. The molecule has 0 bridgehead atoms. The number of benzene rings is 1. The Morgan fingerprint density at radius 3 is 2.55 bits per heavy atom. The van der Waals surface area contributed by atoms with Crippen LogP contribution in [0.15, 0.2) is 47.5 Å². The lowest BCUT2D eigenvalue weighted by Gasteiger charge is -2.23. The van der Waals surface area contributed by atoms with Crippen LogP contribution in [0.3, 0.4) is 0 Å². The third-order valence-electron chi connectivity index (χ3n) is 4.73.